The largest absolute Gasteiger partial charge is 0.306 e. The van der Waals surface area contributed by atoms with Crippen LogP contribution in [0.4, 0.5) is 4.39 Å². The third-order valence-corrected chi connectivity index (χ3v) is 4.53. The van der Waals surface area contributed by atoms with E-state index >= 15 is 0 Å². The SMILES string of the molecule is CN1CCC(N(Cc2ccncc2)Cc2ncccc2F)CC1. The molecule has 23 heavy (non-hydrogen) atoms. The molecule has 1 fully saturated rings. The molecule has 5 heteroatoms. The first kappa shape index (κ1) is 16.0. The first-order valence-corrected chi connectivity index (χ1v) is 8.13. The first-order chi connectivity index (χ1) is 11.2. The molecule has 1 saturated heterocycles. The highest BCUT2D eigenvalue weighted by Gasteiger charge is 2.24. The Morgan fingerprint density at radius 1 is 1.13 bits per heavy atom. The summed E-state index contributed by atoms with van der Waals surface area (Å²) in [7, 11) is 2.15. The molecule has 3 rings (SSSR count). The van der Waals surface area contributed by atoms with E-state index < -0.39 is 0 Å². The molecule has 0 saturated carbocycles. The third-order valence-electron chi connectivity index (χ3n) is 4.53. The van der Waals surface area contributed by atoms with Gasteiger partial charge in [-0.1, -0.05) is 0 Å². The van der Waals surface area contributed by atoms with Gasteiger partial charge in [0.25, 0.3) is 0 Å². The summed E-state index contributed by atoms with van der Waals surface area (Å²) < 4.78 is 14.0. The Hall–Kier alpha value is -1.85. The molecule has 2 aromatic rings. The van der Waals surface area contributed by atoms with Gasteiger partial charge in [-0.2, -0.15) is 0 Å². The molecule has 0 aromatic carbocycles. The molecule has 0 aliphatic carbocycles. The Morgan fingerprint density at radius 2 is 1.87 bits per heavy atom. The molecule has 0 atom stereocenters. The van der Waals surface area contributed by atoms with Crippen molar-refractivity contribution in [1.29, 1.82) is 0 Å². The van der Waals surface area contributed by atoms with Crippen molar-refractivity contribution in [3.63, 3.8) is 0 Å². The first-order valence-electron chi connectivity index (χ1n) is 8.13. The molecule has 0 unspecified atom stereocenters. The average molecular weight is 314 g/mol. The minimum absolute atomic E-state index is 0.222. The standard InChI is InChI=1S/C18H23FN4/c1-22-11-6-16(7-12-22)23(13-15-4-9-20-10-5-15)14-18-17(19)3-2-8-21-18/h2-5,8-10,16H,6-7,11-14H2,1H3. The summed E-state index contributed by atoms with van der Waals surface area (Å²) in [6.45, 7) is 3.51. The van der Waals surface area contributed by atoms with Crippen molar-refractivity contribution in [3.05, 3.63) is 59.9 Å². The molecule has 122 valence electrons. The van der Waals surface area contributed by atoms with Crippen molar-refractivity contribution in [2.24, 2.45) is 0 Å². The minimum atomic E-state index is -0.222. The Morgan fingerprint density at radius 3 is 2.57 bits per heavy atom. The van der Waals surface area contributed by atoms with E-state index in [1.807, 2.05) is 24.5 Å². The lowest BCUT2D eigenvalue weighted by atomic mass is 10.0. The van der Waals surface area contributed by atoms with E-state index in [-0.39, 0.29) is 5.82 Å². The maximum absolute atomic E-state index is 14.0. The molecule has 0 bridgehead atoms. The highest BCUT2D eigenvalue weighted by molar-refractivity contribution is 5.11. The molecule has 3 heterocycles. The van der Waals surface area contributed by atoms with Crippen molar-refractivity contribution in [1.82, 2.24) is 19.8 Å². The summed E-state index contributed by atoms with van der Waals surface area (Å²) in [6, 6.07) is 7.64. The number of halogens is 1. The van der Waals surface area contributed by atoms with Crippen molar-refractivity contribution in [2.75, 3.05) is 20.1 Å². The second-order valence-electron chi connectivity index (χ2n) is 6.23. The molecule has 0 amide bonds. The fourth-order valence-electron chi connectivity index (χ4n) is 3.12. The topological polar surface area (TPSA) is 32.3 Å². The maximum atomic E-state index is 14.0. The van der Waals surface area contributed by atoms with Gasteiger partial charge in [0.2, 0.25) is 0 Å². The molecule has 2 aromatic heterocycles. The zero-order valence-electron chi connectivity index (χ0n) is 13.5. The van der Waals surface area contributed by atoms with Gasteiger partial charge in [-0.3, -0.25) is 14.9 Å². The molecule has 0 radical (unpaired) electrons. The summed E-state index contributed by atoms with van der Waals surface area (Å²) in [5.74, 6) is -0.222. The summed E-state index contributed by atoms with van der Waals surface area (Å²) in [5, 5.41) is 0. The van der Waals surface area contributed by atoms with Gasteiger partial charge >= 0.3 is 0 Å². The maximum Gasteiger partial charge on any atom is 0.146 e. The number of aromatic nitrogens is 2. The quantitative estimate of drug-likeness (QED) is 0.849. The summed E-state index contributed by atoms with van der Waals surface area (Å²) in [5.41, 5.74) is 1.73. The smallest absolute Gasteiger partial charge is 0.146 e. The van der Waals surface area contributed by atoms with Gasteiger partial charge in [-0.15, -0.1) is 0 Å². The van der Waals surface area contributed by atoms with Crippen LogP contribution in [0.5, 0.6) is 0 Å². The van der Waals surface area contributed by atoms with Gasteiger partial charge in [0.05, 0.1) is 5.69 Å². The Balaban J connectivity index is 1.77. The Kier molecular flexibility index (Phi) is 5.31. The van der Waals surface area contributed by atoms with Crippen LogP contribution in [0, 0.1) is 5.82 Å². The van der Waals surface area contributed by atoms with Crippen LogP contribution in [0.3, 0.4) is 0 Å². The van der Waals surface area contributed by atoms with Crippen LogP contribution in [-0.2, 0) is 13.1 Å². The van der Waals surface area contributed by atoms with E-state index in [9.17, 15) is 4.39 Å². The number of piperidine rings is 1. The number of hydrogen-bond donors (Lipinski definition) is 0. The molecule has 0 N–H and O–H groups in total. The van der Waals surface area contributed by atoms with Crippen LogP contribution < -0.4 is 0 Å². The van der Waals surface area contributed by atoms with Gasteiger partial charge in [-0.05, 0) is 62.8 Å². The van der Waals surface area contributed by atoms with Crippen LogP contribution >= 0.6 is 0 Å². The van der Waals surface area contributed by atoms with E-state index in [2.05, 4.69) is 26.8 Å². The highest BCUT2D eigenvalue weighted by Crippen LogP contribution is 2.21. The van der Waals surface area contributed by atoms with Gasteiger partial charge in [-0.25, -0.2) is 4.39 Å². The van der Waals surface area contributed by atoms with Gasteiger partial charge in [0.15, 0.2) is 0 Å². The van der Waals surface area contributed by atoms with Crippen molar-refractivity contribution < 1.29 is 4.39 Å². The molecular weight excluding hydrogens is 291 g/mol. The van der Waals surface area contributed by atoms with Crippen LogP contribution in [-0.4, -0.2) is 45.9 Å². The van der Waals surface area contributed by atoms with Crippen LogP contribution in [0.15, 0.2) is 42.9 Å². The zero-order chi connectivity index (χ0) is 16.1. The lowest BCUT2D eigenvalue weighted by molar-refractivity contribution is 0.105. The van der Waals surface area contributed by atoms with E-state index in [1.54, 1.807) is 12.3 Å². The predicted octanol–water partition coefficient (Wildman–Crippen LogP) is 2.71. The van der Waals surface area contributed by atoms with Crippen molar-refractivity contribution in [2.45, 2.75) is 32.0 Å². The van der Waals surface area contributed by atoms with E-state index in [1.165, 1.54) is 11.6 Å². The van der Waals surface area contributed by atoms with Gasteiger partial charge in [0, 0.05) is 37.7 Å². The Labute approximate surface area is 137 Å². The fourth-order valence-corrected chi connectivity index (χ4v) is 3.12. The second kappa shape index (κ2) is 7.62. The third kappa shape index (κ3) is 4.33. The molecule has 0 spiro atoms. The van der Waals surface area contributed by atoms with Crippen molar-refractivity contribution >= 4 is 0 Å². The van der Waals surface area contributed by atoms with Crippen LogP contribution in [0.25, 0.3) is 0 Å². The number of likely N-dealkylation sites (tertiary alicyclic amines) is 1. The predicted molar refractivity (Wildman–Crippen MR) is 88.2 cm³/mol. The van der Waals surface area contributed by atoms with E-state index in [0.29, 0.717) is 18.3 Å². The number of rotatable bonds is 5. The van der Waals surface area contributed by atoms with Gasteiger partial charge < -0.3 is 4.90 Å². The number of nitrogens with zero attached hydrogens (tertiary/aromatic N) is 4. The van der Waals surface area contributed by atoms with Crippen LogP contribution in [0.1, 0.15) is 24.1 Å². The molecule has 4 nitrogen and oxygen atoms in total. The minimum Gasteiger partial charge on any atom is -0.306 e. The highest BCUT2D eigenvalue weighted by atomic mass is 19.1. The van der Waals surface area contributed by atoms with E-state index in [0.717, 1.165) is 32.5 Å². The average Bonchev–Trinajstić information content (AvgIpc) is 2.58. The fraction of sp³-hybridized carbons (Fsp3) is 0.444. The summed E-state index contributed by atoms with van der Waals surface area (Å²) in [4.78, 5) is 13.0. The normalized spacial score (nSPS) is 16.8. The van der Waals surface area contributed by atoms with Crippen LogP contribution in [0.2, 0.25) is 0 Å². The molecule has 1 aliphatic heterocycles. The molecular formula is C18H23FN4. The second-order valence-corrected chi connectivity index (χ2v) is 6.23. The summed E-state index contributed by atoms with van der Waals surface area (Å²) in [6.07, 6.45) is 7.50. The molecule has 1 aliphatic rings. The lowest BCUT2D eigenvalue weighted by Gasteiger charge is -2.37. The lowest BCUT2D eigenvalue weighted by Crippen LogP contribution is -2.43. The zero-order valence-corrected chi connectivity index (χ0v) is 13.5. The van der Waals surface area contributed by atoms with Crippen molar-refractivity contribution in [3.8, 4) is 0 Å². The monoisotopic (exact) mass is 314 g/mol. The Bertz CT molecular complexity index is 611. The van der Waals surface area contributed by atoms with E-state index in [4.69, 9.17) is 0 Å². The summed E-state index contributed by atoms with van der Waals surface area (Å²) >= 11 is 0. The number of pyridine rings is 2. The number of hydrogen-bond acceptors (Lipinski definition) is 4. The van der Waals surface area contributed by atoms with Gasteiger partial charge in [0.1, 0.15) is 5.82 Å².